The molecule has 2 N–H and O–H groups in total. The quantitative estimate of drug-likeness (QED) is 0.659. The van der Waals surface area contributed by atoms with Crippen LogP contribution in [0.5, 0.6) is 0 Å². The molecule has 2 saturated carbocycles. The van der Waals surface area contributed by atoms with Gasteiger partial charge in [0.05, 0.1) is 5.92 Å². The molecule has 6 rings (SSSR count). The molecule has 0 aromatic heterocycles. The van der Waals surface area contributed by atoms with Crippen LogP contribution in [0.25, 0.3) is 11.1 Å². The third-order valence-corrected chi connectivity index (χ3v) is 8.54. The van der Waals surface area contributed by atoms with E-state index >= 15 is 0 Å². The largest absolute Gasteiger partial charge is 0.481 e. The fourth-order valence-electron chi connectivity index (χ4n) is 6.20. The Kier molecular flexibility index (Phi) is 5.31. The number of piperidine rings is 1. The van der Waals surface area contributed by atoms with Gasteiger partial charge in [-0.25, -0.2) is 4.79 Å². The van der Waals surface area contributed by atoms with Gasteiger partial charge in [0.1, 0.15) is 12.6 Å². The van der Waals surface area contributed by atoms with E-state index < -0.39 is 18.1 Å². The topological polar surface area (TPSA) is 95.9 Å². The second-order valence-electron chi connectivity index (χ2n) is 10.6. The maximum absolute atomic E-state index is 13.3. The molecule has 7 heteroatoms. The molecule has 1 saturated heterocycles. The number of nitrogens with zero attached hydrogens (tertiary/aromatic N) is 1. The van der Waals surface area contributed by atoms with Crippen molar-refractivity contribution in [2.24, 2.45) is 17.3 Å². The van der Waals surface area contributed by atoms with Gasteiger partial charge in [0.15, 0.2) is 0 Å². The number of hydrogen-bond acceptors (Lipinski definition) is 4. The van der Waals surface area contributed by atoms with Gasteiger partial charge in [0.2, 0.25) is 5.91 Å². The van der Waals surface area contributed by atoms with Crippen LogP contribution in [0, 0.1) is 17.3 Å². The van der Waals surface area contributed by atoms with E-state index in [-0.39, 0.29) is 35.7 Å². The summed E-state index contributed by atoms with van der Waals surface area (Å²) in [4.78, 5) is 39.2. The van der Waals surface area contributed by atoms with E-state index in [0.717, 1.165) is 36.8 Å². The maximum atomic E-state index is 13.3. The van der Waals surface area contributed by atoms with Crippen LogP contribution in [0.15, 0.2) is 48.5 Å². The van der Waals surface area contributed by atoms with E-state index in [0.29, 0.717) is 19.5 Å². The molecule has 2 aromatic carbocycles. The Hall–Kier alpha value is -3.35. The van der Waals surface area contributed by atoms with Crippen LogP contribution in [0.4, 0.5) is 4.79 Å². The summed E-state index contributed by atoms with van der Waals surface area (Å²) < 4.78 is 5.68. The average Bonchev–Trinajstić information content (AvgIpc) is 3.80. The first-order valence-electron chi connectivity index (χ1n) is 12.6. The van der Waals surface area contributed by atoms with Crippen molar-refractivity contribution in [3.8, 4) is 11.1 Å². The molecule has 182 valence electrons. The summed E-state index contributed by atoms with van der Waals surface area (Å²) in [7, 11) is 0. The lowest BCUT2D eigenvalue weighted by molar-refractivity contribution is -0.140. The molecule has 0 radical (unpaired) electrons. The van der Waals surface area contributed by atoms with Crippen molar-refractivity contribution < 1.29 is 24.2 Å². The van der Waals surface area contributed by atoms with E-state index in [9.17, 15) is 19.5 Å². The molecule has 2 aromatic rings. The number of carbonyl (C=O) groups excluding carboxylic acids is 2. The molecule has 2 unspecified atom stereocenters. The highest BCUT2D eigenvalue weighted by molar-refractivity contribution is 5.87. The molecule has 1 aliphatic heterocycles. The first-order chi connectivity index (χ1) is 17.0. The Bertz CT molecular complexity index is 1140. The lowest BCUT2D eigenvalue weighted by Gasteiger charge is -2.35. The molecule has 3 fully saturated rings. The van der Waals surface area contributed by atoms with Crippen molar-refractivity contribution in [2.75, 3.05) is 19.7 Å². The summed E-state index contributed by atoms with van der Waals surface area (Å²) in [6.45, 7) is 1.32. The van der Waals surface area contributed by atoms with Gasteiger partial charge in [0, 0.05) is 19.0 Å². The molecule has 4 aliphatic rings. The van der Waals surface area contributed by atoms with Gasteiger partial charge in [-0.05, 0) is 65.7 Å². The van der Waals surface area contributed by atoms with E-state index in [4.69, 9.17) is 4.74 Å². The number of hydrogen-bond donors (Lipinski definition) is 2. The summed E-state index contributed by atoms with van der Waals surface area (Å²) >= 11 is 0. The van der Waals surface area contributed by atoms with Crippen molar-refractivity contribution in [1.82, 2.24) is 10.2 Å². The van der Waals surface area contributed by atoms with E-state index in [2.05, 4.69) is 29.6 Å². The first-order valence-corrected chi connectivity index (χ1v) is 12.6. The van der Waals surface area contributed by atoms with Gasteiger partial charge in [0.25, 0.3) is 0 Å². The molecule has 3 aliphatic carbocycles. The van der Waals surface area contributed by atoms with Crippen molar-refractivity contribution in [1.29, 1.82) is 0 Å². The van der Waals surface area contributed by atoms with E-state index in [1.54, 1.807) is 4.90 Å². The monoisotopic (exact) mass is 474 g/mol. The second-order valence-corrected chi connectivity index (χ2v) is 10.6. The van der Waals surface area contributed by atoms with E-state index in [1.807, 2.05) is 24.3 Å². The number of alkyl carbamates (subject to hydrolysis) is 1. The van der Waals surface area contributed by atoms with Crippen LogP contribution >= 0.6 is 0 Å². The third kappa shape index (κ3) is 3.97. The van der Waals surface area contributed by atoms with Crippen LogP contribution in [0.3, 0.4) is 0 Å². The average molecular weight is 475 g/mol. The number of carboxylic acids is 1. The standard InChI is InChI=1S/C28H30N2O5/c31-25(30-13-11-28(12-14-30)15-23(28)26(32)33)24(17-9-10-17)29-27(34)35-16-22-20-7-3-1-5-18(20)19-6-2-4-8-21(19)22/h1-8,17,22-24H,9-16H2,(H,29,34)(H,32,33). The van der Waals surface area contributed by atoms with Crippen molar-refractivity contribution in [2.45, 2.75) is 44.1 Å². The lowest BCUT2D eigenvalue weighted by Crippen LogP contribution is -2.52. The molecule has 1 spiro atoms. The maximum Gasteiger partial charge on any atom is 0.407 e. The summed E-state index contributed by atoms with van der Waals surface area (Å²) in [6.07, 6.45) is 3.43. The second kappa shape index (κ2) is 8.40. The number of rotatable bonds is 6. The summed E-state index contributed by atoms with van der Waals surface area (Å²) in [5, 5.41) is 12.2. The molecule has 2 atom stereocenters. The van der Waals surface area contributed by atoms with Crippen LogP contribution in [-0.4, -0.2) is 53.7 Å². The zero-order valence-corrected chi connectivity index (χ0v) is 19.6. The number of aliphatic carboxylic acids is 1. The first kappa shape index (κ1) is 22.1. The Morgan fingerprint density at radius 3 is 2.14 bits per heavy atom. The normalized spacial score (nSPS) is 22.7. The van der Waals surface area contributed by atoms with Crippen molar-refractivity contribution in [3.63, 3.8) is 0 Å². The minimum atomic E-state index is -0.724. The zero-order chi connectivity index (χ0) is 24.2. The number of carboxylic acid groups (broad SMARTS) is 1. The minimum absolute atomic E-state index is 0.0257. The summed E-state index contributed by atoms with van der Waals surface area (Å²) in [5.74, 6) is -0.937. The van der Waals surface area contributed by atoms with Gasteiger partial charge in [-0.1, -0.05) is 48.5 Å². The smallest absolute Gasteiger partial charge is 0.407 e. The molecule has 2 amide bonds. The Labute approximate surface area is 204 Å². The number of nitrogens with one attached hydrogen (secondary N) is 1. The van der Waals surface area contributed by atoms with Gasteiger partial charge in [-0.2, -0.15) is 0 Å². The van der Waals surface area contributed by atoms with Crippen LogP contribution in [0.1, 0.15) is 49.1 Å². The summed E-state index contributed by atoms with van der Waals surface area (Å²) in [6, 6.07) is 15.8. The van der Waals surface area contributed by atoms with Gasteiger partial charge in [-0.15, -0.1) is 0 Å². The molecular weight excluding hydrogens is 444 g/mol. The molecule has 7 nitrogen and oxygen atoms in total. The molecular formula is C28H30N2O5. The highest BCUT2D eigenvalue weighted by Crippen LogP contribution is 2.59. The van der Waals surface area contributed by atoms with Crippen molar-refractivity contribution >= 4 is 18.0 Å². The number of carbonyl (C=O) groups is 3. The fraction of sp³-hybridized carbons (Fsp3) is 0.464. The molecule has 1 heterocycles. The highest BCUT2D eigenvalue weighted by Gasteiger charge is 2.59. The third-order valence-electron chi connectivity index (χ3n) is 8.54. The number of benzene rings is 2. The molecule has 0 bridgehead atoms. The van der Waals surface area contributed by atoms with Gasteiger partial charge in [-0.3, -0.25) is 9.59 Å². The predicted molar refractivity (Wildman–Crippen MR) is 129 cm³/mol. The number of ether oxygens (including phenoxy) is 1. The highest BCUT2D eigenvalue weighted by atomic mass is 16.5. The number of fused-ring (bicyclic) bond motifs is 3. The SMILES string of the molecule is O=C(NC(C(=O)N1CCC2(CC1)CC2C(=O)O)C1CC1)OCC1c2ccccc2-c2ccccc21. The fourth-order valence-corrected chi connectivity index (χ4v) is 6.20. The Morgan fingerprint density at radius 2 is 1.60 bits per heavy atom. The van der Waals surface area contributed by atoms with Gasteiger partial charge < -0.3 is 20.1 Å². The van der Waals surface area contributed by atoms with Gasteiger partial charge >= 0.3 is 12.1 Å². The van der Waals surface area contributed by atoms with Crippen LogP contribution in [-0.2, 0) is 14.3 Å². The summed E-state index contributed by atoms with van der Waals surface area (Å²) in [5.41, 5.74) is 4.52. The lowest BCUT2D eigenvalue weighted by atomic mass is 9.90. The zero-order valence-electron chi connectivity index (χ0n) is 19.6. The predicted octanol–water partition coefficient (Wildman–Crippen LogP) is 4.02. The Morgan fingerprint density at radius 1 is 1.00 bits per heavy atom. The Balaban J connectivity index is 1.08. The number of amides is 2. The van der Waals surface area contributed by atoms with Crippen molar-refractivity contribution in [3.05, 3.63) is 59.7 Å². The van der Waals surface area contributed by atoms with Crippen LogP contribution in [0.2, 0.25) is 0 Å². The number of likely N-dealkylation sites (tertiary alicyclic amines) is 1. The minimum Gasteiger partial charge on any atom is -0.481 e. The van der Waals surface area contributed by atoms with E-state index in [1.165, 1.54) is 11.1 Å². The van der Waals surface area contributed by atoms with Crippen LogP contribution < -0.4 is 5.32 Å². The molecule has 35 heavy (non-hydrogen) atoms.